The smallest absolute Gasteiger partial charge is 0.191 e. The average molecular weight is 543 g/mol. The Hall–Kier alpha value is -1.36. The number of hydrogen-bond donors (Lipinski definition) is 4. The Bertz CT molecular complexity index is 830. The van der Waals surface area contributed by atoms with E-state index in [1.807, 2.05) is 6.92 Å². The number of aromatic amines is 1. The van der Waals surface area contributed by atoms with E-state index in [4.69, 9.17) is 4.74 Å². The van der Waals surface area contributed by atoms with Gasteiger partial charge in [0.25, 0.3) is 0 Å². The van der Waals surface area contributed by atoms with Crippen LogP contribution < -0.4 is 10.6 Å². The molecule has 1 unspecified atom stereocenters. The molecule has 0 aliphatic carbocycles. The lowest BCUT2D eigenvalue weighted by Gasteiger charge is -2.33. The molecule has 4 N–H and O–H groups in total. The van der Waals surface area contributed by atoms with Crippen LogP contribution in [0.2, 0.25) is 0 Å². The van der Waals surface area contributed by atoms with Crippen LogP contribution in [0.1, 0.15) is 31.9 Å². The number of aliphatic hydroxyl groups is 1. The summed E-state index contributed by atoms with van der Waals surface area (Å²) in [6.45, 7) is 11.8. The van der Waals surface area contributed by atoms with E-state index < -0.39 is 5.60 Å². The maximum atomic E-state index is 10.8. The molecule has 1 aromatic heterocycles. The highest BCUT2D eigenvalue weighted by Crippen LogP contribution is 2.22. The van der Waals surface area contributed by atoms with Crippen LogP contribution in [0.5, 0.6) is 0 Å². The van der Waals surface area contributed by atoms with Gasteiger partial charge in [0.05, 0.1) is 25.4 Å². The van der Waals surface area contributed by atoms with Gasteiger partial charge in [-0.3, -0.25) is 9.89 Å². The monoisotopic (exact) mass is 543 g/mol. The Labute approximate surface area is 203 Å². The van der Waals surface area contributed by atoms with Crippen molar-refractivity contribution in [2.75, 3.05) is 52.5 Å². The van der Waals surface area contributed by atoms with E-state index in [1.54, 1.807) is 0 Å². The number of nitrogens with zero attached hydrogens (tertiary/aromatic N) is 2. The van der Waals surface area contributed by atoms with Crippen molar-refractivity contribution < 1.29 is 9.84 Å². The van der Waals surface area contributed by atoms with E-state index in [-0.39, 0.29) is 24.0 Å². The second kappa shape index (κ2) is 12.6. The van der Waals surface area contributed by atoms with Gasteiger partial charge in [-0.15, -0.1) is 24.0 Å². The van der Waals surface area contributed by atoms with Crippen LogP contribution in [0.15, 0.2) is 29.4 Å². The highest BCUT2D eigenvalue weighted by Gasteiger charge is 2.25. The van der Waals surface area contributed by atoms with Gasteiger partial charge >= 0.3 is 0 Å². The van der Waals surface area contributed by atoms with Crippen LogP contribution in [0.4, 0.5) is 0 Å². The van der Waals surface area contributed by atoms with Crippen LogP contribution in [-0.2, 0) is 17.6 Å². The summed E-state index contributed by atoms with van der Waals surface area (Å²) in [4.78, 5) is 10.3. The number of halogens is 1. The number of aliphatic imine (C=N–C) groups is 1. The highest BCUT2D eigenvalue weighted by atomic mass is 127. The lowest BCUT2D eigenvalue weighted by molar-refractivity contribution is -0.0179. The number of H-pyrrole nitrogens is 1. The van der Waals surface area contributed by atoms with Crippen molar-refractivity contribution in [3.8, 4) is 0 Å². The largest absolute Gasteiger partial charge is 0.387 e. The topological polar surface area (TPSA) is 84.9 Å². The molecule has 1 aliphatic rings. The molecule has 2 aromatic rings. The molecule has 0 bridgehead atoms. The van der Waals surface area contributed by atoms with E-state index in [0.29, 0.717) is 13.1 Å². The summed E-state index contributed by atoms with van der Waals surface area (Å²) in [5, 5.41) is 18.8. The van der Waals surface area contributed by atoms with Gasteiger partial charge in [0, 0.05) is 49.8 Å². The van der Waals surface area contributed by atoms with Crippen molar-refractivity contribution in [1.82, 2.24) is 20.5 Å². The van der Waals surface area contributed by atoms with Gasteiger partial charge in [-0.25, -0.2) is 0 Å². The minimum Gasteiger partial charge on any atom is -0.387 e. The summed E-state index contributed by atoms with van der Waals surface area (Å²) in [5.41, 5.74) is 3.04. The molecule has 1 fully saturated rings. The first kappa shape index (κ1) is 25.9. The van der Waals surface area contributed by atoms with Crippen LogP contribution >= 0.6 is 24.0 Å². The van der Waals surface area contributed by atoms with E-state index >= 15 is 0 Å². The van der Waals surface area contributed by atoms with Gasteiger partial charge < -0.3 is 25.5 Å². The number of benzene rings is 1. The van der Waals surface area contributed by atoms with Crippen molar-refractivity contribution in [3.63, 3.8) is 0 Å². The van der Waals surface area contributed by atoms with Crippen LogP contribution in [0.25, 0.3) is 10.9 Å². The fourth-order valence-electron chi connectivity index (χ4n) is 3.97. The number of aromatic nitrogens is 1. The standard InChI is InChI=1S/C23H37N5O2.HI/c1-4-18-7-6-8-20-19(15-26-21(18)20)9-10-25-22(24-5-2)27-16-23(3,29)17-28-11-13-30-14-12-28;/h6-8,15,26,29H,4-5,9-14,16-17H2,1-3H3,(H2,24,25,27);1H. The number of hydrogen-bond acceptors (Lipinski definition) is 4. The number of morpholine rings is 1. The summed E-state index contributed by atoms with van der Waals surface area (Å²) in [5.74, 6) is 0.744. The molecular formula is C23H38IN5O2. The summed E-state index contributed by atoms with van der Waals surface area (Å²) >= 11 is 0. The normalized spacial score (nSPS) is 17.2. The predicted octanol–water partition coefficient (Wildman–Crippen LogP) is 2.53. The molecule has 0 saturated carbocycles. The Morgan fingerprint density at radius 3 is 2.71 bits per heavy atom. The molecule has 8 heteroatoms. The maximum Gasteiger partial charge on any atom is 0.191 e. The number of guanidine groups is 1. The second-order valence-electron chi connectivity index (χ2n) is 8.26. The van der Waals surface area contributed by atoms with Crippen molar-refractivity contribution >= 4 is 40.8 Å². The predicted molar refractivity (Wildman–Crippen MR) is 139 cm³/mol. The van der Waals surface area contributed by atoms with E-state index in [9.17, 15) is 5.11 Å². The molecule has 7 nitrogen and oxygen atoms in total. The van der Waals surface area contributed by atoms with Crippen molar-refractivity contribution in [1.29, 1.82) is 0 Å². The van der Waals surface area contributed by atoms with Gasteiger partial charge in [-0.05, 0) is 37.8 Å². The molecule has 0 spiro atoms. The number of nitrogens with one attached hydrogen (secondary N) is 3. The number of fused-ring (bicyclic) bond motifs is 1. The van der Waals surface area contributed by atoms with Gasteiger partial charge in [0.15, 0.2) is 5.96 Å². The minimum absolute atomic E-state index is 0. The summed E-state index contributed by atoms with van der Waals surface area (Å²) in [7, 11) is 0. The Morgan fingerprint density at radius 1 is 1.23 bits per heavy atom. The van der Waals surface area contributed by atoms with E-state index in [1.165, 1.54) is 22.0 Å². The molecular weight excluding hydrogens is 505 g/mol. The molecule has 31 heavy (non-hydrogen) atoms. The Kier molecular flexibility index (Phi) is 10.5. The lowest BCUT2D eigenvalue weighted by atomic mass is 10.1. The first-order valence-electron chi connectivity index (χ1n) is 11.1. The van der Waals surface area contributed by atoms with E-state index in [0.717, 1.165) is 58.2 Å². The molecule has 1 saturated heterocycles. The molecule has 0 radical (unpaired) electrons. The van der Waals surface area contributed by atoms with Gasteiger partial charge in [-0.2, -0.15) is 0 Å². The number of β-amino-alcohol motifs (C(OH)–C–C–N with tert-alkyl or cyclic N) is 1. The molecule has 1 aromatic carbocycles. The third kappa shape index (κ3) is 7.62. The molecule has 174 valence electrons. The average Bonchev–Trinajstić information content (AvgIpc) is 3.16. The molecule has 1 atom stereocenters. The third-order valence-corrected chi connectivity index (χ3v) is 5.55. The van der Waals surface area contributed by atoms with Gasteiger partial charge in [0.1, 0.15) is 0 Å². The zero-order valence-electron chi connectivity index (χ0n) is 19.0. The summed E-state index contributed by atoms with van der Waals surface area (Å²) in [6.07, 6.45) is 4.04. The quantitative estimate of drug-likeness (QED) is 0.222. The fraction of sp³-hybridized carbons (Fsp3) is 0.609. The minimum atomic E-state index is -0.868. The SMILES string of the molecule is CCNC(=NCC(C)(O)CN1CCOCC1)NCCc1c[nH]c2c(CC)cccc12.I. The zero-order valence-corrected chi connectivity index (χ0v) is 21.4. The molecule has 3 rings (SSSR count). The summed E-state index contributed by atoms with van der Waals surface area (Å²) < 4.78 is 5.39. The molecule has 0 amide bonds. The maximum absolute atomic E-state index is 10.8. The van der Waals surface area contributed by atoms with Crippen molar-refractivity contribution in [3.05, 3.63) is 35.5 Å². The van der Waals surface area contributed by atoms with Crippen molar-refractivity contribution in [2.24, 2.45) is 4.99 Å². The number of aryl methyl sites for hydroxylation is 1. The van der Waals surface area contributed by atoms with Crippen LogP contribution in [0, 0.1) is 0 Å². The summed E-state index contributed by atoms with van der Waals surface area (Å²) in [6, 6.07) is 6.50. The van der Waals surface area contributed by atoms with Gasteiger partial charge in [0.2, 0.25) is 0 Å². The van der Waals surface area contributed by atoms with Crippen LogP contribution in [0.3, 0.4) is 0 Å². The highest BCUT2D eigenvalue weighted by molar-refractivity contribution is 14.0. The number of ether oxygens (including phenoxy) is 1. The van der Waals surface area contributed by atoms with Crippen LogP contribution in [-0.4, -0.2) is 79.0 Å². The Balaban J connectivity index is 0.00000341. The van der Waals surface area contributed by atoms with Crippen molar-refractivity contribution in [2.45, 2.75) is 39.2 Å². The first-order chi connectivity index (χ1) is 14.5. The lowest BCUT2D eigenvalue weighted by Crippen LogP contribution is -2.48. The first-order valence-corrected chi connectivity index (χ1v) is 11.1. The fourth-order valence-corrected chi connectivity index (χ4v) is 3.97. The second-order valence-corrected chi connectivity index (χ2v) is 8.26. The van der Waals surface area contributed by atoms with E-state index in [2.05, 4.69) is 63.8 Å². The molecule has 1 aliphatic heterocycles. The number of para-hydroxylation sites is 1. The Morgan fingerprint density at radius 2 is 2.00 bits per heavy atom. The third-order valence-electron chi connectivity index (χ3n) is 5.55. The zero-order chi connectivity index (χ0) is 21.4. The van der Waals surface area contributed by atoms with Gasteiger partial charge in [-0.1, -0.05) is 25.1 Å². The molecule has 2 heterocycles. The number of rotatable bonds is 9.